The predicted octanol–water partition coefficient (Wildman–Crippen LogP) is 1.47. The number of benzene rings is 1. The predicted molar refractivity (Wildman–Crippen MR) is 101 cm³/mol. The molecule has 0 bridgehead atoms. The van der Waals surface area contributed by atoms with Gasteiger partial charge in [-0.25, -0.2) is 21.8 Å². The van der Waals surface area contributed by atoms with Gasteiger partial charge in [-0.3, -0.25) is 0 Å². The molecule has 2 N–H and O–H groups in total. The lowest BCUT2D eigenvalue weighted by Gasteiger charge is -2.30. The molecule has 0 radical (unpaired) electrons. The fourth-order valence-electron chi connectivity index (χ4n) is 2.84. The fraction of sp³-hybridized carbons (Fsp3) is 0.500. The van der Waals surface area contributed by atoms with Crippen molar-refractivity contribution in [2.75, 3.05) is 30.9 Å². The van der Waals surface area contributed by atoms with Crippen LogP contribution in [0.2, 0.25) is 0 Å². The van der Waals surface area contributed by atoms with E-state index >= 15 is 0 Å². The number of hydrogen-bond donors (Lipinski definition) is 1. The van der Waals surface area contributed by atoms with Gasteiger partial charge in [-0.05, 0) is 43.0 Å². The second-order valence-electron chi connectivity index (χ2n) is 6.45. The molecule has 3 rings (SSSR count). The Labute approximate surface area is 161 Å². The van der Waals surface area contributed by atoms with Gasteiger partial charge in [-0.15, -0.1) is 10.2 Å². The first-order chi connectivity index (χ1) is 12.8. The summed E-state index contributed by atoms with van der Waals surface area (Å²) in [5.41, 5.74) is 0. The summed E-state index contributed by atoms with van der Waals surface area (Å²) in [6.07, 6.45) is 3.06. The van der Waals surface area contributed by atoms with E-state index in [1.165, 1.54) is 51.3 Å². The minimum Gasteiger partial charge on any atom is -0.486 e. The van der Waals surface area contributed by atoms with Crippen molar-refractivity contribution >= 4 is 21.8 Å². The average Bonchev–Trinajstić information content (AvgIpc) is 2.99. The maximum absolute atomic E-state index is 12.9. The summed E-state index contributed by atoms with van der Waals surface area (Å²) >= 11 is 1.45. The highest BCUT2D eigenvalue weighted by molar-refractivity contribution is 7.99. The van der Waals surface area contributed by atoms with Gasteiger partial charge in [0.2, 0.25) is 15.2 Å². The number of ether oxygens (including phenoxy) is 1. The van der Waals surface area contributed by atoms with Crippen LogP contribution in [0.15, 0.2) is 29.4 Å². The van der Waals surface area contributed by atoms with E-state index in [-0.39, 0.29) is 18.3 Å². The largest absolute Gasteiger partial charge is 0.486 e. The van der Waals surface area contributed by atoms with Gasteiger partial charge in [0, 0.05) is 18.8 Å². The molecule has 1 saturated heterocycles. The van der Waals surface area contributed by atoms with Gasteiger partial charge in [0.25, 0.3) is 0 Å². The van der Waals surface area contributed by atoms with Crippen molar-refractivity contribution in [1.82, 2.24) is 19.2 Å². The molecule has 148 valence electrons. The molecule has 1 fully saturated rings. The SMILES string of the molecule is CS(=O)(=O)N1CCC[C@H](CSc2nnc(COc3ccc(F)cc3)n2N)C1. The molecule has 8 nitrogen and oxygen atoms in total. The molecule has 0 unspecified atom stereocenters. The zero-order valence-corrected chi connectivity index (χ0v) is 16.5. The van der Waals surface area contributed by atoms with Gasteiger partial charge in [-0.2, -0.15) is 0 Å². The number of nitrogen functional groups attached to an aromatic ring is 1. The third-order valence-corrected chi connectivity index (χ3v) is 6.76. The maximum atomic E-state index is 12.9. The van der Waals surface area contributed by atoms with Crippen LogP contribution in [0.5, 0.6) is 5.75 Å². The third-order valence-electron chi connectivity index (χ3n) is 4.32. The number of hydrogen-bond acceptors (Lipinski definition) is 7. The molecule has 0 amide bonds. The molecule has 2 aromatic rings. The van der Waals surface area contributed by atoms with E-state index < -0.39 is 10.0 Å². The first kappa shape index (κ1) is 19.9. The van der Waals surface area contributed by atoms with Crippen molar-refractivity contribution in [2.45, 2.75) is 24.6 Å². The van der Waals surface area contributed by atoms with Crippen LogP contribution >= 0.6 is 11.8 Å². The van der Waals surface area contributed by atoms with Crippen molar-refractivity contribution in [3.8, 4) is 5.75 Å². The molecule has 0 spiro atoms. The highest BCUT2D eigenvalue weighted by Crippen LogP contribution is 2.25. The molecule has 1 aliphatic rings. The molecule has 0 saturated carbocycles. The van der Waals surface area contributed by atoms with E-state index in [0.717, 1.165) is 12.8 Å². The maximum Gasteiger partial charge on any atom is 0.211 e. The topological polar surface area (TPSA) is 103 Å². The van der Waals surface area contributed by atoms with Crippen LogP contribution in [-0.2, 0) is 16.6 Å². The zero-order chi connectivity index (χ0) is 19.4. The van der Waals surface area contributed by atoms with Crippen LogP contribution in [0.1, 0.15) is 18.7 Å². The zero-order valence-electron chi connectivity index (χ0n) is 14.9. The Kier molecular flexibility index (Phi) is 6.22. The molecule has 2 heterocycles. The van der Waals surface area contributed by atoms with Crippen LogP contribution in [0.3, 0.4) is 0 Å². The highest BCUT2D eigenvalue weighted by Gasteiger charge is 2.26. The van der Waals surface area contributed by atoms with Gasteiger partial charge in [0.05, 0.1) is 6.26 Å². The Morgan fingerprint density at radius 1 is 1.33 bits per heavy atom. The van der Waals surface area contributed by atoms with Crippen LogP contribution in [0, 0.1) is 11.7 Å². The summed E-state index contributed by atoms with van der Waals surface area (Å²) in [5, 5.41) is 8.65. The Bertz CT molecular complexity index is 873. The molecule has 27 heavy (non-hydrogen) atoms. The van der Waals surface area contributed by atoms with Crippen LogP contribution in [0.4, 0.5) is 4.39 Å². The summed E-state index contributed by atoms with van der Waals surface area (Å²) in [7, 11) is -3.16. The van der Waals surface area contributed by atoms with E-state index in [2.05, 4.69) is 10.2 Å². The summed E-state index contributed by atoms with van der Waals surface area (Å²) in [6, 6.07) is 5.68. The number of rotatable bonds is 7. The van der Waals surface area contributed by atoms with E-state index in [1.54, 1.807) is 0 Å². The van der Waals surface area contributed by atoms with Gasteiger partial charge in [-0.1, -0.05) is 11.8 Å². The molecular formula is C16H22FN5O3S2. The molecule has 1 aromatic heterocycles. The van der Waals surface area contributed by atoms with Crippen LogP contribution < -0.4 is 10.6 Å². The second-order valence-corrected chi connectivity index (χ2v) is 9.42. The van der Waals surface area contributed by atoms with Crippen LogP contribution in [-0.4, -0.2) is 52.7 Å². The lowest BCUT2D eigenvalue weighted by molar-refractivity contribution is 0.286. The lowest BCUT2D eigenvalue weighted by Crippen LogP contribution is -2.39. The molecule has 1 atom stereocenters. The van der Waals surface area contributed by atoms with Gasteiger partial charge >= 0.3 is 0 Å². The van der Waals surface area contributed by atoms with Crippen molar-refractivity contribution in [1.29, 1.82) is 0 Å². The monoisotopic (exact) mass is 415 g/mol. The van der Waals surface area contributed by atoms with Gasteiger partial charge in [0.1, 0.15) is 18.2 Å². The molecule has 1 aromatic carbocycles. The van der Waals surface area contributed by atoms with Crippen LogP contribution in [0.25, 0.3) is 0 Å². The Morgan fingerprint density at radius 3 is 2.78 bits per heavy atom. The van der Waals surface area contributed by atoms with E-state index in [1.807, 2.05) is 0 Å². The summed E-state index contributed by atoms with van der Waals surface area (Å²) < 4.78 is 44.7. The number of piperidine rings is 1. The standard InChI is InChI=1S/C16H22FN5O3S2/c1-27(23,24)21-8-2-3-12(9-21)11-26-16-20-19-15(22(16)18)10-25-14-6-4-13(17)5-7-14/h4-7,12H,2-3,8-11,18H2,1H3/t12-/m0/s1. The second kappa shape index (κ2) is 8.44. The summed E-state index contributed by atoms with van der Waals surface area (Å²) in [4.78, 5) is 0. The number of nitrogens with zero attached hydrogens (tertiary/aromatic N) is 4. The summed E-state index contributed by atoms with van der Waals surface area (Å²) in [5.74, 6) is 7.61. The minimum absolute atomic E-state index is 0.112. The van der Waals surface area contributed by atoms with Crippen molar-refractivity contribution < 1.29 is 17.5 Å². The smallest absolute Gasteiger partial charge is 0.211 e. The number of sulfonamides is 1. The third kappa shape index (κ3) is 5.33. The molecular weight excluding hydrogens is 393 g/mol. The lowest BCUT2D eigenvalue weighted by atomic mass is 10.0. The number of thioether (sulfide) groups is 1. The number of halogens is 1. The highest BCUT2D eigenvalue weighted by atomic mass is 32.2. The van der Waals surface area contributed by atoms with Crippen molar-refractivity contribution in [3.63, 3.8) is 0 Å². The van der Waals surface area contributed by atoms with E-state index in [4.69, 9.17) is 10.6 Å². The van der Waals surface area contributed by atoms with Crippen molar-refractivity contribution in [2.24, 2.45) is 5.92 Å². The molecule has 11 heteroatoms. The van der Waals surface area contributed by atoms with E-state index in [9.17, 15) is 12.8 Å². The minimum atomic E-state index is -3.16. The average molecular weight is 416 g/mol. The first-order valence-electron chi connectivity index (χ1n) is 8.48. The van der Waals surface area contributed by atoms with Gasteiger partial charge < -0.3 is 10.6 Å². The van der Waals surface area contributed by atoms with E-state index in [0.29, 0.717) is 35.6 Å². The number of aromatic nitrogens is 3. The normalized spacial score (nSPS) is 18.5. The fourth-order valence-corrected chi connectivity index (χ4v) is 4.78. The van der Waals surface area contributed by atoms with Crippen molar-refractivity contribution in [3.05, 3.63) is 35.9 Å². The Balaban J connectivity index is 1.53. The number of nitrogens with two attached hydrogens (primary N) is 1. The molecule has 0 aliphatic carbocycles. The Hall–Kier alpha value is -1.85. The van der Waals surface area contributed by atoms with Gasteiger partial charge in [0.15, 0.2) is 5.82 Å². The molecule has 1 aliphatic heterocycles. The first-order valence-corrected chi connectivity index (χ1v) is 11.3. The Morgan fingerprint density at radius 2 is 2.07 bits per heavy atom. The summed E-state index contributed by atoms with van der Waals surface area (Å²) in [6.45, 7) is 1.21. The quantitative estimate of drug-likeness (QED) is 0.539.